The van der Waals surface area contributed by atoms with Crippen molar-refractivity contribution in [3.05, 3.63) is 34.9 Å². The molecule has 1 atom stereocenters. The molecule has 0 aliphatic carbocycles. The molecule has 1 aromatic rings. The van der Waals surface area contributed by atoms with Crippen molar-refractivity contribution < 1.29 is 22.7 Å². The summed E-state index contributed by atoms with van der Waals surface area (Å²) in [6, 6.07) is 0.297. The summed E-state index contributed by atoms with van der Waals surface area (Å²) in [5.74, 6) is -7.22. The van der Waals surface area contributed by atoms with Crippen LogP contribution in [-0.2, 0) is 0 Å². The minimum Gasteiger partial charge on any atom is -0.373 e. The first-order valence-corrected chi connectivity index (χ1v) is 3.53. The van der Waals surface area contributed by atoms with Gasteiger partial charge in [0.2, 0.25) is 0 Å². The molecule has 0 aliphatic rings. The molecule has 1 aromatic carbocycles. The summed E-state index contributed by atoms with van der Waals surface area (Å²) < 4.78 is 49.9. The Kier molecular flexibility index (Phi) is 2.77. The third-order valence-electron chi connectivity index (χ3n) is 1.39. The predicted octanol–water partition coefficient (Wildman–Crippen LogP) is 2.47. The molecule has 0 heterocycles. The molecule has 0 aromatic heterocycles. The number of aliphatic hydroxyl groups excluding tert-OH is 1. The molecule has 0 bridgehead atoms. The van der Waals surface area contributed by atoms with E-state index < -0.39 is 34.4 Å². The molecule has 1 unspecified atom stereocenters. The monoisotopic (exact) mass is 214 g/mol. The highest BCUT2D eigenvalue weighted by atomic mass is 35.5. The van der Waals surface area contributed by atoms with Crippen molar-refractivity contribution in [2.45, 2.75) is 5.56 Å². The van der Waals surface area contributed by atoms with Gasteiger partial charge in [-0.3, -0.25) is 0 Å². The lowest BCUT2D eigenvalue weighted by Crippen LogP contribution is -2.02. The molecule has 1 N–H and O–H groups in total. The highest BCUT2D eigenvalue weighted by molar-refractivity contribution is 6.19. The summed E-state index contributed by atoms with van der Waals surface area (Å²) in [6.07, 6.45) is 0. The van der Waals surface area contributed by atoms with Gasteiger partial charge in [0.15, 0.2) is 28.8 Å². The van der Waals surface area contributed by atoms with E-state index in [0.717, 1.165) is 0 Å². The first-order chi connectivity index (χ1) is 5.95. The van der Waals surface area contributed by atoms with E-state index in [-0.39, 0.29) is 0 Å². The lowest BCUT2D eigenvalue weighted by atomic mass is 10.2. The van der Waals surface area contributed by atoms with Crippen LogP contribution in [0.2, 0.25) is 0 Å². The van der Waals surface area contributed by atoms with Crippen molar-refractivity contribution >= 4 is 11.6 Å². The maximum atomic E-state index is 12.7. The summed E-state index contributed by atoms with van der Waals surface area (Å²) in [5, 5.41) is 8.61. The van der Waals surface area contributed by atoms with Gasteiger partial charge in [-0.1, -0.05) is 11.6 Å². The fraction of sp³-hybridized carbons (Fsp3) is 0.143. The molecule has 0 amide bonds. The molecule has 1 rings (SSSR count). The fourth-order valence-corrected chi connectivity index (χ4v) is 0.923. The van der Waals surface area contributed by atoms with Crippen molar-refractivity contribution in [1.29, 1.82) is 0 Å². The number of hydrogen-bond donors (Lipinski definition) is 1. The van der Waals surface area contributed by atoms with E-state index in [1.165, 1.54) is 0 Å². The van der Waals surface area contributed by atoms with Gasteiger partial charge in [-0.2, -0.15) is 0 Å². The number of benzene rings is 1. The van der Waals surface area contributed by atoms with E-state index in [2.05, 4.69) is 0 Å². The zero-order chi connectivity index (χ0) is 10.2. The summed E-state index contributed by atoms with van der Waals surface area (Å²) in [6.45, 7) is 0. The average Bonchev–Trinajstić information content (AvgIpc) is 2.07. The van der Waals surface area contributed by atoms with Crippen molar-refractivity contribution in [1.82, 2.24) is 0 Å². The highest BCUT2D eigenvalue weighted by Crippen LogP contribution is 2.25. The summed E-state index contributed by atoms with van der Waals surface area (Å²) >= 11 is 4.96. The van der Waals surface area contributed by atoms with Gasteiger partial charge in [0.1, 0.15) is 0 Å². The topological polar surface area (TPSA) is 20.2 Å². The van der Waals surface area contributed by atoms with Crippen LogP contribution in [-0.4, -0.2) is 5.11 Å². The quantitative estimate of drug-likeness (QED) is 0.330. The van der Waals surface area contributed by atoms with Crippen LogP contribution < -0.4 is 0 Å². The SMILES string of the molecule is OC(Cl)c1cc(F)c(F)c(F)c1F. The minimum absolute atomic E-state index is 0.297. The Morgan fingerprint density at radius 1 is 1.08 bits per heavy atom. The van der Waals surface area contributed by atoms with E-state index in [1.54, 1.807) is 0 Å². The Bertz CT molecular complexity index is 340. The van der Waals surface area contributed by atoms with Gasteiger partial charge in [0.05, 0.1) is 0 Å². The van der Waals surface area contributed by atoms with Crippen LogP contribution in [0.25, 0.3) is 0 Å². The van der Waals surface area contributed by atoms with Gasteiger partial charge in [0, 0.05) is 5.56 Å². The third kappa shape index (κ3) is 1.76. The fourth-order valence-electron chi connectivity index (χ4n) is 0.765. The molecule has 6 heteroatoms. The molecule has 0 radical (unpaired) electrons. The van der Waals surface area contributed by atoms with Crippen LogP contribution in [0.1, 0.15) is 11.1 Å². The van der Waals surface area contributed by atoms with E-state index in [4.69, 9.17) is 16.7 Å². The van der Waals surface area contributed by atoms with E-state index in [1.807, 2.05) is 0 Å². The van der Waals surface area contributed by atoms with Crippen molar-refractivity contribution in [3.63, 3.8) is 0 Å². The largest absolute Gasteiger partial charge is 0.373 e. The van der Waals surface area contributed by atoms with Gasteiger partial charge in [0.25, 0.3) is 0 Å². The molecular formula is C7H3ClF4O. The van der Waals surface area contributed by atoms with E-state index >= 15 is 0 Å². The lowest BCUT2D eigenvalue weighted by Gasteiger charge is -2.05. The molecule has 72 valence electrons. The molecule has 13 heavy (non-hydrogen) atoms. The normalized spacial score (nSPS) is 13.1. The molecular weight excluding hydrogens is 212 g/mol. The molecule has 0 aliphatic heterocycles. The van der Waals surface area contributed by atoms with Crippen LogP contribution in [0.15, 0.2) is 6.07 Å². The maximum Gasteiger partial charge on any atom is 0.197 e. The number of halogens is 5. The zero-order valence-corrected chi connectivity index (χ0v) is 6.75. The Labute approximate surface area is 75.6 Å². The second-order valence-corrected chi connectivity index (χ2v) is 2.64. The molecule has 0 fully saturated rings. The number of rotatable bonds is 1. The standard InChI is InChI=1S/C7H3ClF4O/c8-7(13)2-1-3(9)5(11)6(12)4(2)10/h1,7,13H. The van der Waals surface area contributed by atoms with Crippen LogP contribution in [0.5, 0.6) is 0 Å². The maximum absolute atomic E-state index is 12.7. The minimum atomic E-state index is -1.99. The zero-order valence-electron chi connectivity index (χ0n) is 5.99. The number of aliphatic hydroxyl groups is 1. The second kappa shape index (κ2) is 3.51. The van der Waals surface area contributed by atoms with Gasteiger partial charge < -0.3 is 5.11 Å². The van der Waals surface area contributed by atoms with E-state index in [9.17, 15) is 17.6 Å². The van der Waals surface area contributed by atoms with Gasteiger partial charge in [-0.15, -0.1) is 0 Å². The van der Waals surface area contributed by atoms with Crippen molar-refractivity contribution in [2.24, 2.45) is 0 Å². The first-order valence-electron chi connectivity index (χ1n) is 3.10. The van der Waals surface area contributed by atoms with E-state index in [0.29, 0.717) is 6.07 Å². The summed E-state index contributed by atoms with van der Waals surface area (Å²) in [5.41, 5.74) is -2.75. The second-order valence-electron chi connectivity index (χ2n) is 2.23. The Hall–Kier alpha value is -0.810. The summed E-state index contributed by atoms with van der Waals surface area (Å²) in [4.78, 5) is 0. The van der Waals surface area contributed by atoms with Crippen LogP contribution in [0.4, 0.5) is 17.6 Å². The van der Waals surface area contributed by atoms with Gasteiger partial charge in [-0.05, 0) is 6.07 Å². The van der Waals surface area contributed by atoms with Gasteiger partial charge in [-0.25, -0.2) is 17.6 Å². The van der Waals surface area contributed by atoms with Crippen molar-refractivity contribution in [2.75, 3.05) is 0 Å². The molecule has 0 saturated heterocycles. The van der Waals surface area contributed by atoms with Gasteiger partial charge >= 0.3 is 0 Å². The molecule has 0 saturated carbocycles. The first kappa shape index (κ1) is 10.3. The Morgan fingerprint density at radius 3 is 2.08 bits per heavy atom. The highest BCUT2D eigenvalue weighted by Gasteiger charge is 2.21. The van der Waals surface area contributed by atoms with Crippen LogP contribution >= 0.6 is 11.6 Å². The molecule has 0 spiro atoms. The third-order valence-corrected chi connectivity index (χ3v) is 1.62. The van der Waals surface area contributed by atoms with Crippen molar-refractivity contribution in [3.8, 4) is 0 Å². The average molecular weight is 215 g/mol. The lowest BCUT2D eigenvalue weighted by molar-refractivity contribution is 0.252. The van der Waals surface area contributed by atoms with Crippen LogP contribution in [0.3, 0.4) is 0 Å². The number of alkyl halides is 1. The Balaban J connectivity index is 3.41. The van der Waals surface area contributed by atoms with Crippen LogP contribution in [0, 0.1) is 23.3 Å². The number of hydrogen-bond acceptors (Lipinski definition) is 1. The summed E-state index contributed by atoms with van der Waals surface area (Å²) in [7, 11) is 0. The predicted molar refractivity (Wildman–Crippen MR) is 37.1 cm³/mol. The Morgan fingerprint density at radius 2 is 1.62 bits per heavy atom. The molecule has 1 nitrogen and oxygen atoms in total. The smallest absolute Gasteiger partial charge is 0.197 e.